The molecule has 0 unspecified atom stereocenters. The van der Waals surface area contributed by atoms with Crippen LogP contribution < -0.4 is 5.73 Å². The number of hydrogen-bond donors (Lipinski definition) is 2. The Labute approximate surface area is 139 Å². The number of azo groups is 1. The van der Waals surface area contributed by atoms with Crippen molar-refractivity contribution in [2.24, 2.45) is 10.2 Å². The highest BCUT2D eigenvalue weighted by molar-refractivity contribution is 5.99. The number of rotatable bonds is 5. The summed E-state index contributed by atoms with van der Waals surface area (Å²) in [6.45, 7) is 0.277. The maximum Gasteiger partial charge on any atom is 0.151 e. The number of pyridine rings is 1. The highest BCUT2D eigenvalue weighted by Crippen LogP contribution is 2.31. The number of nitrogens with zero attached hydrogens (tertiary/aromatic N) is 3. The van der Waals surface area contributed by atoms with Gasteiger partial charge in [-0.1, -0.05) is 36.4 Å². The Hall–Kier alpha value is -3.12. The van der Waals surface area contributed by atoms with E-state index in [1.54, 1.807) is 25.4 Å². The molecule has 6 heteroatoms. The molecule has 3 rings (SSSR count). The number of nitrogen functional groups attached to an aromatic ring is 1. The van der Waals surface area contributed by atoms with Crippen LogP contribution in [0.3, 0.4) is 0 Å². The highest BCUT2D eigenvalue weighted by Gasteiger charge is 2.06. The van der Waals surface area contributed by atoms with Crippen LogP contribution in [-0.4, -0.2) is 24.4 Å². The van der Waals surface area contributed by atoms with E-state index in [0.29, 0.717) is 22.9 Å². The van der Waals surface area contributed by atoms with Gasteiger partial charge in [-0.15, -0.1) is 5.11 Å². The number of hydrogen-bond acceptors (Lipinski definition) is 6. The zero-order valence-electron chi connectivity index (χ0n) is 13.2. The number of nitrogens with two attached hydrogens (primary N) is 1. The third kappa shape index (κ3) is 3.28. The van der Waals surface area contributed by atoms with E-state index < -0.39 is 0 Å². The molecular weight excluding hydrogens is 302 g/mol. The smallest absolute Gasteiger partial charge is 0.151 e. The maximum absolute atomic E-state index is 7.85. The van der Waals surface area contributed by atoms with E-state index in [-0.39, 0.29) is 6.61 Å². The van der Waals surface area contributed by atoms with E-state index in [1.165, 1.54) is 0 Å². The van der Waals surface area contributed by atoms with Gasteiger partial charge in [0.15, 0.2) is 5.82 Å². The summed E-state index contributed by atoms with van der Waals surface area (Å²) in [5.41, 5.74) is 8.39. The summed E-state index contributed by atoms with van der Waals surface area (Å²) in [7, 11) is 1.57. The molecule has 24 heavy (non-hydrogen) atoms. The predicted octanol–water partition coefficient (Wildman–Crippen LogP) is 4.25. The van der Waals surface area contributed by atoms with Crippen molar-refractivity contribution in [1.82, 2.24) is 4.98 Å². The summed E-state index contributed by atoms with van der Waals surface area (Å²) in [5.74, 6) is 0.343. The number of fused-ring (bicyclic) bond motifs is 1. The average molecular weight is 319 g/mol. The van der Waals surface area contributed by atoms with E-state index >= 15 is 0 Å². The van der Waals surface area contributed by atoms with Crippen LogP contribution >= 0.6 is 0 Å². The van der Waals surface area contributed by atoms with Gasteiger partial charge < -0.3 is 15.9 Å². The number of ether oxygens (including phenoxy) is 1. The standard InChI is InChI=1S/C18H17N5O/c1-24-11-16(19)12-6-8-14(9-7-12)22-23-17-15-5-3-2-4-13(15)10-21-18(17)20/h2-10,19H,11H2,1H3,(H2,20,21). The molecule has 0 radical (unpaired) electrons. The number of methoxy groups -OCH3 is 1. The van der Waals surface area contributed by atoms with Gasteiger partial charge in [0.1, 0.15) is 5.69 Å². The molecule has 1 heterocycles. The second kappa shape index (κ2) is 6.97. The van der Waals surface area contributed by atoms with E-state index in [0.717, 1.165) is 16.3 Å². The van der Waals surface area contributed by atoms with Crippen LogP contribution in [0.1, 0.15) is 5.56 Å². The summed E-state index contributed by atoms with van der Waals surface area (Å²) in [4.78, 5) is 4.16. The fraction of sp³-hybridized carbons (Fsp3) is 0.111. The Morgan fingerprint density at radius 2 is 1.88 bits per heavy atom. The topological polar surface area (TPSA) is 96.7 Å². The van der Waals surface area contributed by atoms with E-state index in [4.69, 9.17) is 15.9 Å². The Kier molecular flexibility index (Phi) is 4.58. The van der Waals surface area contributed by atoms with Crippen LogP contribution in [0, 0.1) is 5.41 Å². The van der Waals surface area contributed by atoms with Gasteiger partial charge in [-0.05, 0) is 17.7 Å². The van der Waals surface area contributed by atoms with Crippen molar-refractivity contribution in [2.75, 3.05) is 19.5 Å². The molecule has 6 nitrogen and oxygen atoms in total. The molecule has 0 aliphatic carbocycles. The quantitative estimate of drug-likeness (QED) is 0.543. The molecule has 0 amide bonds. The zero-order chi connectivity index (χ0) is 16.9. The number of benzene rings is 2. The van der Waals surface area contributed by atoms with Crippen molar-refractivity contribution >= 4 is 33.7 Å². The summed E-state index contributed by atoms with van der Waals surface area (Å²) in [6, 6.07) is 15.0. The van der Waals surface area contributed by atoms with Gasteiger partial charge in [-0.2, -0.15) is 5.11 Å². The summed E-state index contributed by atoms with van der Waals surface area (Å²) < 4.78 is 4.96. The van der Waals surface area contributed by atoms with E-state index in [2.05, 4.69) is 15.2 Å². The minimum absolute atomic E-state index is 0.277. The highest BCUT2D eigenvalue weighted by atomic mass is 16.5. The van der Waals surface area contributed by atoms with E-state index in [9.17, 15) is 0 Å². The number of nitrogens with one attached hydrogen (secondary N) is 1. The van der Waals surface area contributed by atoms with Crippen LogP contribution in [0.15, 0.2) is 65.0 Å². The SMILES string of the molecule is COCC(=N)c1ccc(N=Nc2c(N)ncc3ccccc23)cc1. The third-order valence-electron chi connectivity index (χ3n) is 3.57. The number of anilines is 1. The molecule has 0 aliphatic rings. The van der Waals surface area contributed by atoms with Crippen molar-refractivity contribution in [1.29, 1.82) is 5.41 Å². The Balaban J connectivity index is 1.89. The second-order valence-corrected chi connectivity index (χ2v) is 5.24. The Morgan fingerprint density at radius 3 is 2.62 bits per heavy atom. The normalized spacial score (nSPS) is 11.2. The van der Waals surface area contributed by atoms with Crippen LogP contribution in [0.5, 0.6) is 0 Å². The monoisotopic (exact) mass is 319 g/mol. The first-order valence-corrected chi connectivity index (χ1v) is 7.41. The molecule has 0 bridgehead atoms. The fourth-order valence-corrected chi connectivity index (χ4v) is 2.33. The van der Waals surface area contributed by atoms with Crippen LogP contribution in [0.4, 0.5) is 17.2 Å². The molecule has 0 saturated carbocycles. The second-order valence-electron chi connectivity index (χ2n) is 5.24. The molecule has 0 saturated heterocycles. The average Bonchev–Trinajstić information content (AvgIpc) is 2.61. The van der Waals surface area contributed by atoms with Crippen molar-refractivity contribution in [3.63, 3.8) is 0 Å². The Bertz CT molecular complexity index is 903. The molecule has 3 aromatic rings. The number of aromatic nitrogens is 1. The molecule has 1 aromatic heterocycles. The third-order valence-corrected chi connectivity index (χ3v) is 3.57. The molecule has 0 fully saturated rings. The first kappa shape index (κ1) is 15.8. The minimum atomic E-state index is 0.277. The lowest BCUT2D eigenvalue weighted by atomic mass is 10.1. The maximum atomic E-state index is 7.85. The summed E-state index contributed by atoms with van der Waals surface area (Å²) in [6.07, 6.45) is 1.72. The molecule has 2 aromatic carbocycles. The lowest BCUT2D eigenvalue weighted by Crippen LogP contribution is -2.06. The van der Waals surface area contributed by atoms with Crippen molar-refractivity contribution in [3.8, 4) is 0 Å². The minimum Gasteiger partial charge on any atom is -0.382 e. The predicted molar refractivity (Wildman–Crippen MR) is 95.5 cm³/mol. The fourth-order valence-electron chi connectivity index (χ4n) is 2.33. The molecular formula is C18H17N5O. The van der Waals surface area contributed by atoms with Gasteiger partial charge in [-0.3, -0.25) is 0 Å². The van der Waals surface area contributed by atoms with Gasteiger partial charge in [0.25, 0.3) is 0 Å². The summed E-state index contributed by atoms with van der Waals surface area (Å²) >= 11 is 0. The summed E-state index contributed by atoms with van der Waals surface area (Å²) in [5, 5.41) is 18.2. The van der Waals surface area contributed by atoms with Gasteiger partial charge in [0.05, 0.1) is 18.0 Å². The molecule has 0 aliphatic heterocycles. The zero-order valence-corrected chi connectivity index (χ0v) is 13.2. The van der Waals surface area contributed by atoms with Gasteiger partial charge >= 0.3 is 0 Å². The first-order valence-electron chi connectivity index (χ1n) is 7.41. The van der Waals surface area contributed by atoms with Crippen molar-refractivity contribution < 1.29 is 4.74 Å². The van der Waals surface area contributed by atoms with E-state index in [1.807, 2.05) is 36.4 Å². The molecule has 0 atom stereocenters. The van der Waals surface area contributed by atoms with Gasteiger partial charge in [0.2, 0.25) is 0 Å². The van der Waals surface area contributed by atoms with Crippen molar-refractivity contribution in [2.45, 2.75) is 0 Å². The van der Waals surface area contributed by atoms with Crippen LogP contribution in [0.2, 0.25) is 0 Å². The lowest BCUT2D eigenvalue weighted by Gasteiger charge is -2.04. The molecule has 120 valence electrons. The van der Waals surface area contributed by atoms with Gasteiger partial charge in [0, 0.05) is 24.1 Å². The first-order chi connectivity index (χ1) is 11.7. The lowest BCUT2D eigenvalue weighted by molar-refractivity contribution is 0.245. The van der Waals surface area contributed by atoms with Crippen molar-refractivity contribution in [3.05, 3.63) is 60.3 Å². The molecule has 3 N–H and O–H groups in total. The van der Waals surface area contributed by atoms with Crippen LogP contribution in [0.25, 0.3) is 10.8 Å². The van der Waals surface area contributed by atoms with Gasteiger partial charge in [-0.25, -0.2) is 4.98 Å². The molecule has 0 spiro atoms. The Morgan fingerprint density at radius 1 is 1.12 bits per heavy atom. The van der Waals surface area contributed by atoms with Crippen LogP contribution in [-0.2, 0) is 4.74 Å². The largest absolute Gasteiger partial charge is 0.382 e.